The van der Waals surface area contributed by atoms with Gasteiger partial charge in [0.1, 0.15) is 5.54 Å². The summed E-state index contributed by atoms with van der Waals surface area (Å²) in [6, 6.07) is 7.38. The first-order valence-corrected chi connectivity index (χ1v) is 5.34. The molecular weight excluding hydrogens is 231 g/mol. The lowest BCUT2D eigenvalue weighted by Crippen LogP contribution is -2.34. The highest BCUT2D eigenvalue weighted by atomic mass is 35.5. The fourth-order valence-corrected chi connectivity index (χ4v) is 1.68. The number of hydrogen-bond acceptors (Lipinski definition) is 2. The molecule has 0 aliphatic heterocycles. The van der Waals surface area contributed by atoms with Crippen LogP contribution < -0.4 is 5.73 Å². The average molecular weight is 243 g/mol. The number of nitrogens with zero attached hydrogens (tertiary/aromatic N) is 1. The standard InChI is InChI=1S/C11H12Cl2N2/c1-11(15,7-14)5-4-8-2-3-9(12)6-10(8)13/h2-3,6H,4-5,15H2,1H3. The van der Waals surface area contributed by atoms with Gasteiger partial charge in [0.25, 0.3) is 0 Å². The van der Waals surface area contributed by atoms with E-state index in [0.29, 0.717) is 22.9 Å². The van der Waals surface area contributed by atoms with Crippen LogP contribution in [-0.2, 0) is 6.42 Å². The minimum Gasteiger partial charge on any atom is -0.314 e. The normalized spacial score (nSPS) is 14.3. The molecule has 15 heavy (non-hydrogen) atoms. The Bertz CT molecular complexity index is 394. The van der Waals surface area contributed by atoms with Crippen molar-refractivity contribution in [3.63, 3.8) is 0 Å². The van der Waals surface area contributed by atoms with Gasteiger partial charge in [0.15, 0.2) is 0 Å². The van der Waals surface area contributed by atoms with E-state index in [4.69, 9.17) is 34.2 Å². The lowest BCUT2D eigenvalue weighted by atomic mass is 9.96. The lowest BCUT2D eigenvalue weighted by Gasteiger charge is -2.15. The van der Waals surface area contributed by atoms with E-state index in [1.807, 2.05) is 6.07 Å². The van der Waals surface area contributed by atoms with Gasteiger partial charge in [-0.1, -0.05) is 29.3 Å². The van der Waals surface area contributed by atoms with E-state index >= 15 is 0 Å². The molecule has 0 amide bonds. The number of aryl methyl sites for hydroxylation is 1. The number of halogens is 2. The zero-order valence-electron chi connectivity index (χ0n) is 8.43. The predicted molar refractivity (Wildman–Crippen MR) is 63.0 cm³/mol. The van der Waals surface area contributed by atoms with Crippen LogP contribution in [0.25, 0.3) is 0 Å². The molecule has 1 atom stereocenters. The molecule has 2 N–H and O–H groups in total. The number of hydrogen-bond donors (Lipinski definition) is 1. The molecule has 1 aromatic rings. The molecule has 0 spiro atoms. The molecule has 0 heterocycles. The summed E-state index contributed by atoms with van der Waals surface area (Å²) in [5, 5.41) is 9.99. The second-order valence-corrected chi connectivity index (χ2v) is 4.61. The molecule has 1 aromatic carbocycles. The first-order valence-electron chi connectivity index (χ1n) is 4.59. The van der Waals surface area contributed by atoms with Crippen LogP contribution in [0.3, 0.4) is 0 Å². The summed E-state index contributed by atoms with van der Waals surface area (Å²) in [6.45, 7) is 1.71. The first kappa shape index (κ1) is 12.3. The second kappa shape index (κ2) is 4.85. The Labute approximate surface area is 99.6 Å². The van der Waals surface area contributed by atoms with E-state index < -0.39 is 5.54 Å². The number of benzene rings is 1. The van der Waals surface area contributed by atoms with E-state index in [0.717, 1.165) is 5.56 Å². The molecule has 80 valence electrons. The van der Waals surface area contributed by atoms with E-state index in [1.165, 1.54) is 0 Å². The van der Waals surface area contributed by atoms with Crippen molar-refractivity contribution in [1.29, 1.82) is 5.26 Å². The highest BCUT2D eigenvalue weighted by Gasteiger charge is 2.17. The maximum Gasteiger partial charge on any atom is 0.101 e. The SMILES string of the molecule is CC(N)(C#N)CCc1ccc(Cl)cc1Cl. The largest absolute Gasteiger partial charge is 0.314 e. The summed E-state index contributed by atoms with van der Waals surface area (Å²) in [7, 11) is 0. The molecule has 0 bridgehead atoms. The van der Waals surface area contributed by atoms with Gasteiger partial charge >= 0.3 is 0 Å². The monoisotopic (exact) mass is 242 g/mol. The third-order valence-electron chi connectivity index (χ3n) is 2.18. The minimum atomic E-state index is -0.803. The zero-order valence-corrected chi connectivity index (χ0v) is 9.94. The van der Waals surface area contributed by atoms with E-state index in [1.54, 1.807) is 19.1 Å². The van der Waals surface area contributed by atoms with E-state index in [2.05, 4.69) is 6.07 Å². The number of nitriles is 1. The van der Waals surface area contributed by atoms with Gasteiger partial charge in [0.05, 0.1) is 6.07 Å². The smallest absolute Gasteiger partial charge is 0.101 e. The second-order valence-electron chi connectivity index (χ2n) is 3.77. The van der Waals surface area contributed by atoms with Crippen LogP contribution in [0, 0.1) is 11.3 Å². The molecule has 0 fully saturated rings. The Balaban J connectivity index is 2.71. The third kappa shape index (κ3) is 3.71. The fraction of sp³-hybridized carbons (Fsp3) is 0.364. The highest BCUT2D eigenvalue weighted by Crippen LogP contribution is 2.23. The molecule has 0 aliphatic rings. The van der Waals surface area contributed by atoms with Crippen molar-refractivity contribution < 1.29 is 0 Å². The highest BCUT2D eigenvalue weighted by molar-refractivity contribution is 6.35. The maximum atomic E-state index is 8.76. The van der Waals surface area contributed by atoms with Gasteiger partial charge in [-0.3, -0.25) is 0 Å². The molecule has 0 radical (unpaired) electrons. The van der Waals surface area contributed by atoms with Gasteiger partial charge in [-0.2, -0.15) is 5.26 Å². The molecule has 0 saturated carbocycles. The van der Waals surface area contributed by atoms with Crippen molar-refractivity contribution >= 4 is 23.2 Å². The lowest BCUT2D eigenvalue weighted by molar-refractivity contribution is 0.546. The third-order valence-corrected chi connectivity index (χ3v) is 2.77. The van der Waals surface area contributed by atoms with Crippen molar-refractivity contribution in [3.8, 4) is 6.07 Å². The van der Waals surface area contributed by atoms with Gasteiger partial charge in [-0.25, -0.2) is 0 Å². The summed E-state index contributed by atoms with van der Waals surface area (Å²) in [5.41, 5.74) is 5.88. The Morgan fingerprint density at radius 2 is 2.13 bits per heavy atom. The Morgan fingerprint density at radius 3 is 2.67 bits per heavy atom. The molecular formula is C11H12Cl2N2. The minimum absolute atomic E-state index is 0.574. The van der Waals surface area contributed by atoms with Gasteiger partial charge in [0.2, 0.25) is 0 Å². The molecule has 4 heteroatoms. The van der Waals surface area contributed by atoms with Crippen molar-refractivity contribution in [1.82, 2.24) is 0 Å². The Morgan fingerprint density at radius 1 is 1.47 bits per heavy atom. The van der Waals surface area contributed by atoms with Gasteiger partial charge < -0.3 is 5.73 Å². The van der Waals surface area contributed by atoms with Crippen LogP contribution in [0.15, 0.2) is 18.2 Å². The van der Waals surface area contributed by atoms with Crippen LogP contribution in [0.4, 0.5) is 0 Å². The molecule has 1 rings (SSSR count). The topological polar surface area (TPSA) is 49.8 Å². The maximum absolute atomic E-state index is 8.76. The van der Waals surface area contributed by atoms with E-state index in [-0.39, 0.29) is 0 Å². The first-order chi connectivity index (χ1) is 6.94. The van der Waals surface area contributed by atoms with Crippen LogP contribution in [-0.4, -0.2) is 5.54 Å². The Kier molecular flexibility index (Phi) is 3.98. The summed E-state index contributed by atoms with van der Waals surface area (Å²) < 4.78 is 0. The Hall–Kier alpha value is -0.750. The van der Waals surface area contributed by atoms with Crippen LogP contribution in [0.2, 0.25) is 10.0 Å². The van der Waals surface area contributed by atoms with E-state index in [9.17, 15) is 0 Å². The predicted octanol–water partition coefficient (Wildman–Crippen LogP) is 3.17. The molecule has 0 saturated heterocycles. The van der Waals surface area contributed by atoms with Crippen LogP contribution in [0.5, 0.6) is 0 Å². The van der Waals surface area contributed by atoms with Gasteiger partial charge in [-0.05, 0) is 37.5 Å². The summed E-state index contributed by atoms with van der Waals surface area (Å²) in [6.07, 6.45) is 1.25. The van der Waals surface area contributed by atoms with Crippen LogP contribution >= 0.6 is 23.2 Å². The summed E-state index contributed by atoms with van der Waals surface area (Å²) in [5.74, 6) is 0. The van der Waals surface area contributed by atoms with Crippen molar-refractivity contribution in [3.05, 3.63) is 33.8 Å². The van der Waals surface area contributed by atoms with Crippen molar-refractivity contribution in [2.45, 2.75) is 25.3 Å². The zero-order chi connectivity index (χ0) is 11.5. The summed E-state index contributed by atoms with van der Waals surface area (Å²) >= 11 is 11.8. The molecule has 2 nitrogen and oxygen atoms in total. The fourth-order valence-electron chi connectivity index (χ4n) is 1.17. The quantitative estimate of drug-likeness (QED) is 0.886. The van der Waals surface area contributed by atoms with Crippen molar-refractivity contribution in [2.24, 2.45) is 5.73 Å². The summed E-state index contributed by atoms with van der Waals surface area (Å²) in [4.78, 5) is 0. The van der Waals surface area contributed by atoms with Crippen molar-refractivity contribution in [2.75, 3.05) is 0 Å². The molecule has 1 unspecified atom stereocenters. The average Bonchev–Trinajstić information content (AvgIpc) is 2.16. The molecule has 0 aliphatic carbocycles. The number of nitrogens with two attached hydrogens (primary N) is 1. The van der Waals surface area contributed by atoms with Gasteiger partial charge in [0, 0.05) is 10.0 Å². The number of rotatable bonds is 3. The molecule has 0 aromatic heterocycles. The van der Waals surface area contributed by atoms with Crippen LogP contribution in [0.1, 0.15) is 18.9 Å². The van der Waals surface area contributed by atoms with Gasteiger partial charge in [-0.15, -0.1) is 0 Å².